The third-order valence-corrected chi connectivity index (χ3v) is 1.26. The quantitative estimate of drug-likeness (QED) is 0.375. The van der Waals surface area contributed by atoms with Crippen LogP contribution in [0.15, 0.2) is 0 Å². The van der Waals surface area contributed by atoms with Gasteiger partial charge in [0.1, 0.15) is 0 Å². The first-order valence-electron chi connectivity index (χ1n) is 2.83. The molecule has 0 aromatic rings. The predicted octanol–water partition coefficient (Wildman–Crippen LogP) is -1.86. The molecule has 0 amide bonds. The fraction of sp³-hybridized carbons (Fsp3) is 0.800. The largest absolute Gasteiger partial charge is 0.479 e. The summed E-state index contributed by atoms with van der Waals surface area (Å²) < 4.78 is 0. The van der Waals surface area contributed by atoms with E-state index >= 15 is 0 Å². The molecule has 1 unspecified atom stereocenters. The van der Waals surface area contributed by atoms with Crippen molar-refractivity contribution in [1.29, 1.82) is 0 Å². The van der Waals surface area contributed by atoms with E-state index in [1.54, 1.807) is 0 Å². The van der Waals surface area contributed by atoms with Crippen molar-refractivity contribution in [2.24, 2.45) is 5.73 Å². The number of hydrogen-bond donors (Lipinski definition) is 4. The first-order valence-corrected chi connectivity index (χ1v) is 2.83. The van der Waals surface area contributed by atoms with Gasteiger partial charge >= 0.3 is 5.97 Å². The van der Waals surface area contributed by atoms with Gasteiger partial charge in [-0.15, -0.1) is 0 Å². The average Bonchev–Trinajstić information content (AvgIpc) is 1.88. The molecule has 0 saturated heterocycles. The van der Waals surface area contributed by atoms with Crippen LogP contribution in [-0.4, -0.2) is 40.0 Å². The molecule has 5 nitrogen and oxygen atoms in total. The molecule has 0 rings (SSSR count). The fourth-order valence-electron chi connectivity index (χ4n) is 0.481. The van der Waals surface area contributed by atoms with Gasteiger partial charge in [0.05, 0.1) is 0 Å². The van der Waals surface area contributed by atoms with E-state index in [0.717, 1.165) is 0 Å². The molecule has 0 bridgehead atoms. The Morgan fingerprint density at radius 3 is 2.20 bits per heavy atom. The van der Waals surface area contributed by atoms with Crippen LogP contribution in [0.1, 0.15) is 6.42 Å². The van der Waals surface area contributed by atoms with Crippen LogP contribution in [-0.2, 0) is 4.79 Å². The van der Waals surface area contributed by atoms with E-state index in [1.807, 2.05) is 0 Å². The summed E-state index contributed by atoms with van der Waals surface area (Å²) in [6, 6.07) is 0. The van der Waals surface area contributed by atoms with Crippen molar-refractivity contribution in [1.82, 2.24) is 0 Å². The van der Waals surface area contributed by atoms with E-state index in [-0.39, 0.29) is 19.6 Å². The number of aliphatic hydroxyl groups excluding tert-OH is 1. The van der Waals surface area contributed by atoms with Crippen LogP contribution in [0.2, 0.25) is 0 Å². The summed E-state index contributed by atoms with van der Waals surface area (Å²) in [7, 11) is 0. The van der Waals surface area contributed by atoms with Crippen LogP contribution in [0, 0.1) is 0 Å². The maximum Gasteiger partial charge on any atom is 0.337 e. The zero-order valence-corrected chi connectivity index (χ0v) is 5.45. The Balaban J connectivity index is 4.08. The molecule has 0 aliphatic rings. The lowest BCUT2D eigenvalue weighted by atomic mass is 10.0. The predicted molar refractivity (Wildman–Crippen MR) is 33.3 cm³/mol. The number of rotatable bonds is 4. The van der Waals surface area contributed by atoms with Gasteiger partial charge in [-0.25, -0.2) is 4.79 Å². The lowest BCUT2D eigenvalue weighted by Crippen LogP contribution is -2.46. The van der Waals surface area contributed by atoms with E-state index in [1.165, 1.54) is 0 Å². The lowest BCUT2D eigenvalue weighted by Gasteiger charge is -2.19. The van der Waals surface area contributed by atoms with E-state index in [4.69, 9.17) is 21.1 Å². The summed E-state index contributed by atoms with van der Waals surface area (Å²) >= 11 is 0. The van der Waals surface area contributed by atoms with Gasteiger partial charge < -0.3 is 21.1 Å². The molecule has 0 aromatic carbocycles. The van der Waals surface area contributed by atoms with Gasteiger partial charge in [-0.05, 0) is 0 Å². The standard InChI is InChI=1S/C5H11NO4/c6-3-5(10,1-2-7)4(8)9/h7,10H,1-3,6H2,(H,8,9). The second-order valence-electron chi connectivity index (χ2n) is 2.01. The van der Waals surface area contributed by atoms with Crippen LogP contribution < -0.4 is 5.73 Å². The van der Waals surface area contributed by atoms with Crippen LogP contribution in [0.4, 0.5) is 0 Å². The Kier molecular flexibility index (Phi) is 3.27. The van der Waals surface area contributed by atoms with Crippen molar-refractivity contribution in [2.45, 2.75) is 12.0 Å². The molecular formula is C5H11NO4. The first-order chi connectivity index (χ1) is 4.56. The highest BCUT2D eigenvalue weighted by Gasteiger charge is 2.33. The molecule has 0 heterocycles. The highest BCUT2D eigenvalue weighted by Crippen LogP contribution is 2.06. The Hall–Kier alpha value is -0.650. The number of carboxylic acids is 1. The molecule has 0 fully saturated rings. The van der Waals surface area contributed by atoms with Gasteiger partial charge in [0.2, 0.25) is 0 Å². The normalized spacial score (nSPS) is 16.3. The van der Waals surface area contributed by atoms with Crippen molar-refractivity contribution in [2.75, 3.05) is 13.2 Å². The first kappa shape index (κ1) is 9.35. The Morgan fingerprint density at radius 2 is 2.10 bits per heavy atom. The molecule has 5 N–H and O–H groups in total. The Morgan fingerprint density at radius 1 is 1.60 bits per heavy atom. The maximum absolute atomic E-state index is 10.2. The third kappa shape index (κ3) is 1.94. The van der Waals surface area contributed by atoms with Crippen LogP contribution in [0.3, 0.4) is 0 Å². The topological polar surface area (TPSA) is 104 Å². The molecule has 0 aliphatic heterocycles. The van der Waals surface area contributed by atoms with E-state index in [0.29, 0.717) is 0 Å². The van der Waals surface area contributed by atoms with E-state index in [2.05, 4.69) is 0 Å². The average molecular weight is 149 g/mol. The van der Waals surface area contributed by atoms with Crippen LogP contribution in [0.5, 0.6) is 0 Å². The summed E-state index contributed by atoms with van der Waals surface area (Å²) in [6.07, 6.45) is -0.237. The zero-order chi connectivity index (χ0) is 8.20. The molecule has 5 heteroatoms. The van der Waals surface area contributed by atoms with Gasteiger partial charge in [-0.2, -0.15) is 0 Å². The molecule has 10 heavy (non-hydrogen) atoms. The fourth-order valence-corrected chi connectivity index (χ4v) is 0.481. The Labute approximate surface area is 58.1 Å². The Bertz CT molecular complexity index is 127. The zero-order valence-electron chi connectivity index (χ0n) is 5.45. The van der Waals surface area contributed by atoms with Gasteiger partial charge in [0.15, 0.2) is 5.60 Å². The molecule has 0 aromatic heterocycles. The third-order valence-electron chi connectivity index (χ3n) is 1.26. The van der Waals surface area contributed by atoms with E-state index in [9.17, 15) is 4.79 Å². The lowest BCUT2D eigenvalue weighted by molar-refractivity contribution is -0.158. The molecule has 0 saturated carbocycles. The van der Waals surface area contributed by atoms with Crippen molar-refractivity contribution in [3.05, 3.63) is 0 Å². The van der Waals surface area contributed by atoms with Gasteiger partial charge in [-0.3, -0.25) is 0 Å². The second kappa shape index (κ2) is 3.50. The molecule has 0 radical (unpaired) electrons. The van der Waals surface area contributed by atoms with E-state index < -0.39 is 11.6 Å². The highest BCUT2D eigenvalue weighted by molar-refractivity contribution is 5.77. The van der Waals surface area contributed by atoms with Crippen molar-refractivity contribution >= 4 is 5.97 Å². The number of nitrogens with two attached hydrogens (primary N) is 1. The van der Waals surface area contributed by atoms with Gasteiger partial charge in [0, 0.05) is 19.6 Å². The monoisotopic (exact) mass is 149 g/mol. The summed E-state index contributed by atoms with van der Waals surface area (Å²) in [4.78, 5) is 10.2. The molecule has 1 atom stereocenters. The highest BCUT2D eigenvalue weighted by atomic mass is 16.4. The number of hydrogen-bond acceptors (Lipinski definition) is 4. The summed E-state index contributed by atoms with van der Waals surface area (Å²) in [5.41, 5.74) is 2.99. The summed E-state index contributed by atoms with van der Waals surface area (Å²) in [5.74, 6) is -1.40. The number of aliphatic carboxylic acids is 1. The van der Waals surface area contributed by atoms with Gasteiger partial charge in [-0.1, -0.05) is 0 Å². The second-order valence-corrected chi connectivity index (χ2v) is 2.01. The maximum atomic E-state index is 10.2. The van der Waals surface area contributed by atoms with Crippen molar-refractivity contribution < 1.29 is 20.1 Å². The summed E-state index contributed by atoms with van der Waals surface area (Å²) in [6.45, 7) is -0.775. The number of aliphatic hydroxyl groups is 2. The molecule has 0 aliphatic carbocycles. The smallest absolute Gasteiger partial charge is 0.337 e. The van der Waals surface area contributed by atoms with Crippen LogP contribution in [0.25, 0.3) is 0 Å². The number of carbonyl (C=O) groups is 1. The van der Waals surface area contributed by atoms with Gasteiger partial charge in [0.25, 0.3) is 0 Å². The SMILES string of the molecule is NCC(O)(CCO)C(=O)O. The molecule has 0 spiro atoms. The summed E-state index contributed by atoms with van der Waals surface area (Å²) in [5, 5.41) is 25.6. The van der Waals surface area contributed by atoms with Crippen molar-refractivity contribution in [3.8, 4) is 0 Å². The molecule has 60 valence electrons. The minimum atomic E-state index is -1.96. The number of carboxylic acid groups (broad SMARTS) is 1. The minimum Gasteiger partial charge on any atom is -0.479 e. The minimum absolute atomic E-state index is 0.237. The van der Waals surface area contributed by atoms with Crippen molar-refractivity contribution in [3.63, 3.8) is 0 Å². The molecular weight excluding hydrogens is 138 g/mol. The van der Waals surface area contributed by atoms with Crippen LogP contribution >= 0.6 is 0 Å².